The molecule has 9 heteroatoms. The number of methoxy groups -OCH3 is 3. The molecule has 2 aromatic rings. The largest absolute Gasteiger partial charge is 0.493 e. The molecule has 0 heterocycles. The van der Waals surface area contributed by atoms with E-state index >= 15 is 0 Å². The number of carbonyl (C=O) groups excluding carboxylic acids is 2. The summed E-state index contributed by atoms with van der Waals surface area (Å²) in [6.45, 7) is -0.630. The molecule has 1 N–H and O–H groups in total. The van der Waals surface area contributed by atoms with E-state index in [0.29, 0.717) is 5.75 Å². The second-order valence-electron chi connectivity index (χ2n) is 5.17. The summed E-state index contributed by atoms with van der Waals surface area (Å²) in [5.41, 5.74) is 0.105. The van der Waals surface area contributed by atoms with Gasteiger partial charge < -0.3 is 24.3 Å². The first-order chi connectivity index (χ1) is 12.9. The van der Waals surface area contributed by atoms with E-state index in [1.165, 1.54) is 39.5 Å². The van der Waals surface area contributed by atoms with Crippen molar-refractivity contribution in [2.75, 3.05) is 33.3 Å². The monoisotopic (exact) mass is 381 g/mol. The summed E-state index contributed by atoms with van der Waals surface area (Å²) in [6, 6.07) is 5.60. The van der Waals surface area contributed by atoms with E-state index in [-0.39, 0.29) is 22.7 Å². The topological polar surface area (TPSA) is 83.1 Å². The van der Waals surface area contributed by atoms with Gasteiger partial charge in [-0.1, -0.05) is 0 Å². The summed E-state index contributed by atoms with van der Waals surface area (Å²) in [4.78, 5) is 24.0. The van der Waals surface area contributed by atoms with E-state index in [9.17, 15) is 18.4 Å². The number of benzene rings is 2. The maximum Gasteiger partial charge on any atom is 0.338 e. The highest BCUT2D eigenvalue weighted by atomic mass is 19.2. The molecule has 7 nitrogen and oxygen atoms in total. The lowest BCUT2D eigenvalue weighted by molar-refractivity contribution is -0.119. The third-order valence-corrected chi connectivity index (χ3v) is 3.44. The zero-order chi connectivity index (χ0) is 20.0. The Kier molecular flexibility index (Phi) is 6.53. The molecule has 0 aliphatic carbocycles. The first-order valence-corrected chi connectivity index (χ1v) is 7.61. The normalized spacial score (nSPS) is 10.1. The average molecular weight is 381 g/mol. The minimum Gasteiger partial charge on any atom is -0.493 e. The Labute approximate surface area is 153 Å². The number of esters is 1. The molecular weight excluding hydrogens is 364 g/mol. The highest BCUT2D eigenvalue weighted by Crippen LogP contribution is 2.38. The lowest BCUT2D eigenvalue weighted by Gasteiger charge is -2.13. The summed E-state index contributed by atoms with van der Waals surface area (Å²) >= 11 is 0. The van der Waals surface area contributed by atoms with Crippen molar-refractivity contribution in [1.82, 2.24) is 0 Å². The third-order valence-electron chi connectivity index (χ3n) is 3.44. The molecular formula is C18H17F2NO6. The zero-order valence-corrected chi connectivity index (χ0v) is 14.8. The van der Waals surface area contributed by atoms with Gasteiger partial charge in [-0.05, 0) is 24.3 Å². The fourth-order valence-corrected chi connectivity index (χ4v) is 2.18. The summed E-state index contributed by atoms with van der Waals surface area (Å²) in [5.74, 6) is -2.89. The number of halogens is 2. The zero-order valence-electron chi connectivity index (χ0n) is 14.8. The molecule has 0 unspecified atom stereocenters. The van der Waals surface area contributed by atoms with E-state index in [0.717, 1.165) is 12.1 Å². The predicted molar refractivity (Wildman–Crippen MR) is 91.4 cm³/mol. The van der Waals surface area contributed by atoms with Gasteiger partial charge in [0.25, 0.3) is 5.91 Å². The first kappa shape index (κ1) is 20.0. The minimum absolute atomic E-state index is 0.0303. The van der Waals surface area contributed by atoms with E-state index in [1.807, 2.05) is 0 Å². The number of rotatable bonds is 7. The highest BCUT2D eigenvalue weighted by molar-refractivity contribution is 5.96. The average Bonchev–Trinajstić information content (AvgIpc) is 2.67. The van der Waals surface area contributed by atoms with Crippen LogP contribution in [0.25, 0.3) is 0 Å². The molecule has 0 aliphatic heterocycles. The van der Waals surface area contributed by atoms with Gasteiger partial charge in [0.1, 0.15) is 0 Å². The molecule has 0 fully saturated rings. The van der Waals surface area contributed by atoms with Crippen LogP contribution in [0.3, 0.4) is 0 Å². The lowest BCUT2D eigenvalue weighted by atomic mass is 10.2. The second kappa shape index (κ2) is 8.84. The maximum atomic E-state index is 13.1. The maximum absolute atomic E-state index is 13.1. The van der Waals surface area contributed by atoms with Crippen LogP contribution in [0.15, 0.2) is 30.3 Å². The van der Waals surface area contributed by atoms with Crippen LogP contribution in [0.5, 0.6) is 17.2 Å². The van der Waals surface area contributed by atoms with Gasteiger partial charge in [0.05, 0.1) is 26.9 Å². The Morgan fingerprint density at radius 2 is 1.56 bits per heavy atom. The minimum atomic E-state index is -1.11. The van der Waals surface area contributed by atoms with Gasteiger partial charge in [0, 0.05) is 11.8 Å². The number of ether oxygens (including phenoxy) is 4. The molecule has 0 saturated heterocycles. The van der Waals surface area contributed by atoms with Gasteiger partial charge in [-0.25, -0.2) is 13.6 Å². The Morgan fingerprint density at radius 3 is 2.07 bits per heavy atom. The molecule has 0 radical (unpaired) electrons. The van der Waals surface area contributed by atoms with Crippen LogP contribution in [0.1, 0.15) is 10.4 Å². The SMILES string of the molecule is COc1cc(C(=O)OCC(=O)Nc2ccc(F)c(F)c2)cc(OC)c1OC. The third kappa shape index (κ3) is 4.84. The molecule has 0 spiro atoms. The Balaban J connectivity index is 2.04. The van der Waals surface area contributed by atoms with Crippen LogP contribution >= 0.6 is 0 Å². The Bertz CT molecular complexity index is 831. The summed E-state index contributed by atoms with van der Waals surface area (Å²) in [7, 11) is 4.20. The van der Waals surface area contributed by atoms with E-state index < -0.39 is 30.1 Å². The van der Waals surface area contributed by atoms with E-state index in [2.05, 4.69) is 5.32 Å². The van der Waals surface area contributed by atoms with Gasteiger partial charge in [-0.3, -0.25) is 4.79 Å². The quantitative estimate of drug-likeness (QED) is 0.743. The standard InChI is InChI=1S/C18H17F2NO6/c1-24-14-6-10(7-15(25-2)17(14)26-3)18(23)27-9-16(22)21-11-4-5-12(19)13(20)8-11/h4-8H,9H2,1-3H3,(H,21,22). The number of nitrogens with one attached hydrogen (secondary N) is 1. The number of anilines is 1. The second-order valence-corrected chi connectivity index (χ2v) is 5.17. The van der Waals surface area contributed by atoms with Crippen molar-refractivity contribution >= 4 is 17.6 Å². The smallest absolute Gasteiger partial charge is 0.338 e. The van der Waals surface area contributed by atoms with Crippen molar-refractivity contribution in [3.63, 3.8) is 0 Å². The van der Waals surface area contributed by atoms with Crippen LogP contribution in [0, 0.1) is 11.6 Å². The van der Waals surface area contributed by atoms with Gasteiger partial charge >= 0.3 is 5.97 Å². The van der Waals surface area contributed by atoms with Crippen LogP contribution in [0.2, 0.25) is 0 Å². The van der Waals surface area contributed by atoms with Gasteiger partial charge in [0.2, 0.25) is 5.75 Å². The molecule has 2 rings (SSSR count). The van der Waals surface area contributed by atoms with Gasteiger partial charge in [-0.15, -0.1) is 0 Å². The lowest BCUT2D eigenvalue weighted by Crippen LogP contribution is -2.21. The number of amides is 1. The molecule has 1 amide bonds. The van der Waals surface area contributed by atoms with Crippen molar-refractivity contribution in [2.45, 2.75) is 0 Å². The molecule has 27 heavy (non-hydrogen) atoms. The number of carbonyl (C=O) groups is 2. The fourth-order valence-electron chi connectivity index (χ4n) is 2.18. The van der Waals surface area contributed by atoms with Gasteiger partial charge in [0.15, 0.2) is 29.7 Å². The molecule has 0 aliphatic rings. The highest BCUT2D eigenvalue weighted by Gasteiger charge is 2.18. The van der Waals surface area contributed by atoms with E-state index in [4.69, 9.17) is 18.9 Å². The van der Waals surface area contributed by atoms with Crippen molar-refractivity contribution in [3.8, 4) is 17.2 Å². The van der Waals surface area contributed by atoms with Crippen molar-refractivity contribution in [3.05, 3.63) is 47.5 Å². The van der Waals surface area contributed by atoms with Crippen LogP contribution in [-0.4, -0.2) is 39.8 Å². The molecule has 144 valence electrons. The van der Waals surface area contributed by atoms with Crippen molar-refractivity contribution in [1.29, 1.82) is 0 Å². The number of hydrogen-bond acceptors (Lipinski definition) is 6. The summed E-state index contributed by atoms with van der Waals surface area (Å²) in [6.07, 6.45) is 0. The van der Waals surface area contributed by atoms with E-state index in [1.54, 1.807) is 0 Å². The Morgan fingerprint density at radius 1 is 0.926 bits per heavy atom. The molecule has 0 atom stereocenters. The predicted octanol–water partition coefficient (Wildman–Crippen LogP) is 2.79. The van der Waals surface area contributed by atoms with Crippen LogP contribution in [0.4, 0.5) is 14.5 Å². The van der Waals surface area contributed by atoms with Crippen molar-refractivity contribution in [2.24, 2.45) is 0 Å². The summed E-state index contributed by atoms with van der Waals surface area (Å²) < 4.78 is 46.3. The van der Waals surface area contributed by atoms with Crippen LogP contribution < -0.4 is 19.5 Å². The molecule has 0 bridgehead atoms. The fraction of sp³-hybridized carbons (Fsp3) is 0.222. The Hall–Kier alpha value is -3.36. The molecule has 0 aromatic heterocycles. The van der Waals surface area contributed by atoms with Gasteiger partial charge in [-0.2, -0.15) is 0 Å². The molecule has 0 saturated carbocycles. The first-order valence-electron chi connectivity index (χ1n) is 7.61. The number of hydrogen-bond donors (Lipinski definition) is 1. The molecule has 2 aromatic carbocycles. The summed E-state index contributed by atoms with van der Waals surface area (Å²) in [5, 5.41) is 2.29. The van der Waals surface area contributed by atoms with Crippen molar-refractivity contribution < 1.29 is 37.3 Å². The van der Waals surface area contributed by atoms with Crippen LogP contribution in [-0.2, 0) is 9.53 Å².